The summed E-state index contributed by atoms with van der Waals surface area (Å²) in [7, 11) is 1.87. The summed E-state index contributed by atoms with van der Waals surface area (Å²) >= 11 is 3.47. The molecule has 132 valence electrons. The molecule has 1 atom stereocenters. The lowest BCUT2D eigenvalue weighted by Gasteiger charge is -2.15. The van der Waals surface area contributed by atoms with Crippen LogP contribution >= 0.6 is 15.9 Å². The number of aryl methyl sites for hydroxylation is 1. The number of rotatable bonds is 6. The van der Waals surface area contributed by atoms with E-state index in [0.717, 1.165) is 26.9 Å². The molecule has 0 bridgehead atoms. The summed E-state index contributed by atoms with van der Waals surface area (Å²) in [5.41, 5.74) is 8.10. The molecular formula is C17H22BrN7. The fraction of sp³-hybridized carbons (Fsp3) is 0.353. The standard InChI is InChI=1S/C17H22BrN7/c1-10(2)22-15-13-8-21-25(3)16(13)24-17(23-15)20-9-14(19)11-5-4-6-12(18)7-11/h4-8,10,14H,9,19H2,1-3H3,(H2,20,22,23,24)/t14-/m0/s1. The molecular weight excluding hydrogens is 382 g/mol. The lowest BCUT2D eigenvalue weighted by atomic mass is 10.1. The van der Waals surface area contributed by atoms with Gasteiger partial charge in [-0.3, -0.25) is 4.68 Å². The van der Waals surface area contributed by atoms with Crippen LogP contribution in [-0.4, -0.2) is 32.3 Å². The Balaban J connectivity index is 1.82. The van der Waals surface area contributed by atoms with Gasteiger partial charge in [0.15, 0.2) is 5.65 Å². The van der Waals surface area contributed by atoms with Gasteiger partial charge in [0, 0.05) is 30.1 Å². The Morgan fingerprint density at radius 1 is 1.28 bits per heavy atom. The number of nitrogens with two attached hydrogens (primary N) is 1. The van der Waals surface area contributed by atoms with Gasteiger partial charge in [-0.2, -0.15) is 15.1 Å². The van der Waals surface area contributed by atoms with Crippen LogP contribution in [0.15, 0.2) is 34.9 Å². The third-order valence-corrected chi connectivity index (χ3v) is 4.27. The van der Waals surface area contributed by atoms with Crippen LogP contribution in [0, 0.1) is 0 Å². The topological polar surface area (TPSA) is 93.7 Å². The second-order valence-electron chi connectivity index (χ2n) is 6.24. The number of halogens is 1. The number of aromatic nitrogens is 4. The molecule has 0 unspecified atom stereocenters. The molecule has 25 heavy (non-hydrogen) atoms. The summed E-state index contributed by atoms with van der Waals surface area (Å²) in [6.07, 6.45) is 1.77. The van der Waals surface area contributed by atoms with E-state index in [1.54, 1.807) is 10.9 Å². The van der Waals surface area contributed by atoms with Crippen LogP contribution in [0.1, 0.15) is 25.5 Å². The Morgan fingerprint density at radius 3 is 2.80 bits per heavy atom. The first kappa shape index (κ1) is 17.6. The molecule has 7 nitrogen and oxygen atoms in total. The Hall–Kier alpha value is -2.19. The van der Waals surface area contributed by atoms with Crippen molar-refractivity contribution < 1.29 is 0 Å². The molecule has 3 aromatic rings. The summed E-state index contributed by atoms with van der Waals surface area (Å²) in [6, 6.07) is 8.08. The lowest BCUT2D eigenvalue weighted by molar-refractivity contribution is 0.755. The van der Waals surface area contributed by atoms with Crippen LogP contribution in [0.3, 0.4) is 0 Å². The van der Waals surface area contributed by atoms with Crippen molar-refractivity contribution in [3.63, 3.8) is 0 Å². The minimum Gasteiger partial charge on any atom is -0.367 e. The lowest BCUT2D eigenvalue weighted by Crippen LogP contribution is -2.22. The Labute approximate surface area is 155 Å². The van der Waals surface area contributed by atoms with Crippen LogP contribution in [0.25, 0.3) is 11.0 Å². The molecule has 2 aromatic heterocycles. The van der Waals surface area contributed by atoms with Crippen molar-refractivity contribution in [1.29, 1.82) is 0 Å². The van der Waals surface area contributed by atoms with Gasteiger partial charge in [0.05, 0.1) is 11.6 Å². The van der Waals surface area contributed by atoms with Gasteiger partial charge in [-0.25, -0.2) is 0 Å². The summed E-state index contributed by atoms with van der Waals surface area (Å²) < 4.78 is 2.75. The van der Waals surface area contributed by atoms with Gasteiger partial charge in [0.1, 0.15) is 5.82 Å². The van der Waals surface area contributed by atoms with Crippen molar-refractivity contribution in [2.45, 2.75) is 25.9 Å². The molecule has 0 saturated carbocycles. The van der Waals surface area contributed by atoms with Gasteiger partial charge in [-0.1, -0.05) is 28.1 Å². The van der Waals surface area contributed by atoms with Crippen LogP contribution < -0.4 is 16.4 Å². The molecule has 8 heteroatoms. The highest BCUT2D eigenvalue weighted by Gasteiger charge is 2.13. The first-order valence-corrected chi connectivity index (χ1v) is 8.94. The largest absolute Gasteiger partial charge is 0.367 e. The maximum absolute atomic E-state index is 6.28. The van der Waals surface area contributed by atoms with E-state index in [-0.39, 0.29) is 12.1 Å². The SMILES string of the molecule is CC(C)Nc1nc(NC[C@H](N)c2cccc(Br)c2)nc2c1cnn2C. The smallest absolute Gasteiger partial charge is 0.226 e. The zero-order valence-corrected chi connectivity index (χ0v) is 16.1. The van der Waals surface area contributed by atoms with Crippen molar-refractivity contribution >= 4 is 38.7 Å². The van der Waals surface area contributed by atoms with Crippen molar-refractivity contribution in [2.24, 2.45) is 12.8 Å². The van der Waals surface area contributed by atoms with Gasteiger partial charge in [-0.05, 0) is 31.5 Å². The minimum atomic E-state index is -0.162. The highest BCUT2D eigenvalue weighted by atomic mass is 79.9. The maximum Gasteiger partial charge on any atom is 0.226 e. The molecule has 0 radical (unpaired) electrons. The molecule has 2 heterocycles. The van der Waals surface area contributed by atoms with E-state index < -0.39 is 0 Å². The van der Waals surface area contributed by atoms with Gasteiger partial charge in [0.2, 0.25) is 5.95 Å². The first-order valence-electron chi connectivity index (χ1n) is 8.15. The summed E-state index contributed by atoms with van der Waals surface area (Å²) in [6.45, 7) is 4.67. The van der Waals surface area contributed by atoms with E-state index in [1.807, 2.05) is 31.3 Å². The molecule has 0 aliphatic heterocycles. The number of hydrogen-bond donors (Lipinski definition) is 3. The predicted molar refractivity (Wildman–Crippen MR) is 105 cm³/mol. The number of nitrogens with one attached hydrogen (secondary N) is 2. The number of hydrogen-bond acceptors (Lipinski definition) is 6. The molecule has 0 aliphatic carbocycles. The second-order valence-corrected chi connectivity index (χ2v) is 7.16. The van der Waals surface area contributed by atoms with Crippen LogP contribution in [0.4, 0.5) is 11.8 Å². The van der Waals surface area contributed by atoms with Gasteiger partial charge in [0.25, 0.3) is 0 Å². The average molecular weight is 404 g/mol. The Kier molecular flexibility index (Phi) is 5.19. The molecule has 4 N–H and O–H groups in total. The van der Waals surface area contributed by atoms with E-state index >= 15 is 0 Å². The molecule has 1 aromatic carbocycles. The van der Waals surface area contributed by atoms with Gasteiger partial charge < -0.3 is 16.4 Å². The fourth-order valence-corrected chi connectivity index (χ4v) is 2.96. The number of benzene rings is 1. The molecule has 0 saturated heterocycles. The fourth-order valence-electron chi connectivity index (χ4n) is 2.54. The van der Waals surface area contributed by atoms with Crippen molar-refractivity contribution in [3.8, 4) is 0 Å². The highest BCUT2D eigenvalue weighted by molar-refractivity contribution is 9.10. The minimum absolute atomic E-state index is 0.162. The normalized spacial score (nSPS) is 12.6. The number of fused-ring (bicyclic) bond motifs is 1. The maximum atomic E-state index is 6.28. The van der Waals surface area contributed by atoms with Crippen molar-refractivity contribution in [3.05, 3.63) is 40.5 Å². The van der Waals surface area contributed by atoms with E-state index in [1.165, 1.54) is 0 Å². The van der Waals surface area contributed by atoms with E-state index in [4.69, 9.17) is 5.73 Å². The molecule has 3 rings (SSSR count). The van der Waals surface area contributed by atoms with Crippen LogP contribution in [0.2, 0.25) is 0 Å². The van der Waals surface area contributed by atoms with E-state index in [9.17, 15) is 0 Å². The quantitative estimate of drug-likeness (QED) is 0.585. The Morgan fingerprint density at radius 2 is 2.08 bits per heavy atom. The van der Waals surface area contributed by atoms with E-state index in [0.29, 0.717) is 12.5 Å². The Bertz CT molecular complexity index is 875. The molecule has 0 aliphatic rings. The molecule has 0 amide bonds. The zero-order chi connectivity index (χ0) is 18.0. The van der Waals surface area contributed by atoms with Crippen molar-refractivity contribution in [2.75, 3.05) is 17.2 Å². The van der Waals surface area contributed by atoms with E-state index in [2.05, 4.69) is 55.5 Å². The third kappa shape index (κ3) is 4.08. The third-order valence-electron chi connectivity index (χ3n) is 3.77. The monoisotopic (exact) mass is 403 g/mol. The molecule has 0 spiro atoms. The van der Waals surface area contributed by atoms with Crippen LogP contribution in [-0.2, 0) is 7.05 Å². The second kappa shape index (κ2) is 7.37. The first-order chi connectivity index (χ1) is 11.9. The van der Waals surface area contributed by atoms with Crippen LogP contribution in [0.5, 0.6) is 0 Å². The summed E-state index contributed by atoms with van der Waals surface area (Å²) in [4.78, 5) is 9.15. The predicted octanol–water partition coefficient (Wildman–Crippen LogP) is 3.06. The van der Waals surface area contributed by atoms with Gasteiger partial charge >= 0.3 is 0 Å². The number of nitrogens with zero attached hydrogens (tertiary/aromatic N) is 4. The van der Waals surface area contributed by atoms with Crippen molar-refractivity contribution in [1.82, 2.24) is 19.7 Å². The zero-order valence-electron chi connectivity index (χ0n) is 14.5. The summed E-state index contributed by atoms with van der Waals surface area (Å²) in [5.74, 6) is 1.30. The number of anilines is 2. The summed E-state index contributed by atoms with van der Waals surface area (Å²) in [5, 5.41) is 11.8. The van der Waals surface area contributed by atoms with Gasteiger partial charge in [-0.15, -0.1) is 0 Å². The highest BCUT2D eigenvalue weighted by Crippen LogP contribution is 2.22. The molecule has 0 fully saturated rings. The average Bonchev–Trinajstić information content (AvgIpc) is 2.94.